The SMILES string of the molecule is O=C(c1ccc([N+](=O)[O-])cc1)N(CCN1CCOCC1)c1nc2c(F)cc(F)cc2s1. The first-order chi connectivity index (χ1) is 14.9. The van der Waals surface area contributed by atoms with Crippen molar-refractivity contribution >= 4 is 38.3 Å². The number of carbonyl (C=O) groups is 1. The van der Waals surface area contributed by atoms with Crippen molar-refractivity contribution in [1.82, 2.24) is 9.88 Å². The number of nitro benzene ring substituents is 1. The molecule has 4 rings (SSSR count). The standard InChI is InChI=1S/C20H18F2N4O4S/c21-14-11-16(22)18-17(12-14)31-20(23-18)25(6-5-24-7-9-30-10-8-24)19(27)13-1-3-15(4-2-13)26(28)29/h1-4,11-12H,5-10H2. The van der Waals surface area contributed by atoms with Crippen LogP contribution < -0.4 is 4.90 Å². The predicted molar refractivity (Wildman–Crippen MR) is 112 cm³/mol. The molecule has 11 heteroatoms. The third kappa shape index (κ3) is 4.68. The highest BCUT2D eigenvalue weighted by atomic mass is 32.1. The molecular formula is C20H18F2N4O4S. The lowest BCUT2D eigenvalue weighted by molar-refractivity contribution is -0.384. The lowest BCUT2D eigenvalue weighted by atomic mass is 10.2. The third-order valence-corrected chi connectivity index (χ3v) is 5.97. The molecule has 0 N–H and O–H groups in total. The predicted octanol–water partition coefficient (Wildman–Crippen LogP) is 3.46. The molecule has 1 saturated heterocycles. The second kappa shape index (κ2) is 9.00. The molecule has 1 amide bonds. The third-order valence-electron chi connectivity index (χ3n) is 4.95. The van der Waals surface area contributed by atoms with Gasteiger partial charge in [0, 0.05) is 49.9 Å². The van der Waals surface area contributed by atoms with E-state index >= 15 is 0 Å². The fourth-order valence-electron chi connectivity index (χ4n) is 3.29. The van der Waals surface area contributed by atoms with Crippen molar-refractivity contribution in [1.29, 1.82) is 0 Å². The van der Waals surface area contributed by atoms with Crippen LogP contribution in [-0.2, 0) is 4.74 Å². The summed E-state index contributed by atoms with van der Waals surface area (Å²) in [5.74, 6) is -1.95. The Morgan fingerprint density at radius 2 is 1.94 bits per heavy atom. The van der Waals surface area contributed by atoms with Crippen LogP contribution in [0.1, 0.15) is 10.4 Å². The maximum Gasteiger partial charge on any atom is 0.269 e. The quantitative estimate of drug-likeness (QED) is 0.424. The molecule has 1 aromatic heterocycles. The summed E-state index contributed by atoms with van der Waals surface area (Å²) < 4.78 is 33.4. The van der Waals surface area contributed by atoms with Crippen LogP contribution in [0.25, 0.3) is 10.2 Å². The zero-order valence-corrected chi connectivity index (χ0v) is 17.1. The van der Waals surface area contributed by atoms with E-state index in [0.29, 0.717) is 24.5 Å². The molecule has 8 nitrogen and oxygen atoms in total. The van der Waals surface area contributed by atoms with E-state index in [1.165, 1.54) is 35.2 Å². The van der Waals surface area contributed by atoms with Gasteiger partial charge in [0.2, 0.25) is 0 Å². The molecule has 1 fully saturated rings. The topological polar surface area (TPSA) is 88.8 Å². The van der Waals surface area contributed by atoms with Gasteiger partial charge in [0.25, 0.3) is 11.6 Å². The molecule has 0 saturated carbocycles. The Kier molecular flexibility index (Phi) is 6.16. The van der Waals surface area contributed by atoms with Gasteiger partial charge >= 0.3 is 0 Å². The van der Waals surface area contributed by atoms with E-state index in [1.807, 2.05) is 0 Å². The van der Waals surface area contributed by atoms with Crippen molar-refractivity contribution in [3.63, 3.8) is 0 Å². The fraction of sp³-hybridized carbons (Fsp3) is 0.300. The first-order valence-electron chi connectivity index (χ1n) is 9.54. The number of aromatic nitrogens is 1. The fourth-order valence-corrected chi connectivity index (χ4v) is 4.32. The van der Waals surface area contributed by atoms with E-state index in [9.17, 15) is 23.7 Å². The van der Waals surface area contributed by atoms with Crippen LogP contribution in [0.5, 0.6) is 0 Å². The summed E-state index contributed by atoms with van der Waals surface area (Å²) in [6.45, 7) is 3.44. The minimum Gasteiger partial charge on any atom is -0.379 e. The molecule has 0 radical (unpaired) electrons. The van der Waals surface area contributed by atoms with E-state index in [-0.39, 0.29) is 28.4 Å². The number of nitro groups is 1. The zero-order chi connectivity index (χ0) is 22.0. The van der Waals surface area contributed by atoms with E-state index in [4.69, 9.17) is 4.74 Å². The lowest BCUT2D eigenvalue weighted by Crippen LogP contribution is -2.43. The summed E-state index contributed by atoms with van der Waals surface area (Å²) in [5.41, 5.74) is 0.0988. The minimum absolute atomic E-state index is 0.00530. The van der Waals surface area contributed by atoms with Gasteiger partial charge in [-0.1, -0.05) is 11.3 Å². The van der Waals surface area contributed by atoms with Crippen LogP contribution >= 0.6 is 11.3 Å². The number of hydrogen-bond acceptors (Lipinski definition) is 7. The van der Waals surface area contributed by atoms with Crippen molar-refractivity contribution in [2.24, 2.45) is 0 Å². The van der Waals surface area contributed by atoms with Crippen molar-refractivity contribution in [3.8, 4) is 0 Å². The van der Waals surface area contributed by atoms with Gasteiger partial charge in [-0.15, -0.1) is 0 Å². The number of anilines is 1. The number of amides is 1. The molecule has 0 atom stereocenters. The molecule has 31 heavy (non-hydrogen) atoms. The number of non-ortho nitro benzene ring substituents is 1. The average Bonchev–Trinajstić information content (AvgIpc) is 3.18. The van der Waals surface area contributed by atoms with Gasteiger partial charge in [0.1, 0.15) is 11.3 Å². The second-order valence-corrected chi connectivity index (χ2v) is 7.95. The Morgan fingerprint density at radius 1 is 1.23 bits per heavy atom. The molecule has 1 aliphatic heterocycles. The Balaban J connectivity index is 1.65. The second-order valence-electron chi connectivity index (χ2n) is 6.95. The molecule has 1 aliphatic rings. The van der Waals surface area contributed by atoms with Crippen molar-refractivity contribution < 1.29 is 23.2 Å². The number of ether oxygens (including phenoxy) is 1. The zero-order valence-electron chi connectivity index (χ0n) is 16.3. The molecule has 2 heterocycles. The van der Waals surface area contributed by atoms with Crippen LogP contribution in [0.3, 0.4) is 0 Å². The van der Waals surface area contributed by atoms with Crippen LogP contribution in [-0.4, -0.2) is 60.1 Å². The van der Waals surface area contributed by atoms with Crippen LogP contribution in [0.2, 0.25) is 0 Å². The number of rotatable bonds is 6. The normalized spacial score (nSPS) is 14.6. The monoisotopic (exact) mass is 448 g/mol. The van der Waals surface area contributed by atoms with Gasteiger partial charge in [-0.05, 0) is 18.2 Å². The molecule has 0 spiro atoms. The number of benzene rings is 2. The number of carbonyl (C=O) groups excluding carboxylic acids is 1. The summed E-state index contributed by atoms with van der Waals surface area (Å²) in [6, 6.07) is 7.17. The highest BCUT2D eigenvalue weighted by Crippen LogP contribution is 2.32. The number of halogens is 2. The Bertz CT molecular complexity index is 1120. The summed E-state index contributed by atoms with van der Waals surface area (Å²) in [4.78, 5) is 31.4. The number of morpholine rings is 1. The van der Waals surface area contributed by atoms with Gasteiger partial charge in [-0.3, -0.25) is 24.7 Å². The maximum atomic E-state index is 14.2. The highest BCUT2D eigenvalue weighted by Gasteiger charge is 2.24. The number of nitrogens with zero attached hydrogens (tertiary/aromatic N) is 4. The molecule has 0 unspecified atom stereocenters. The van der Waals surface area contributed by atoms with Crippen molar-refractivity contribution in [3.05, 3.63) is 63.7 Å². The number of thiazole rings is 1. The van der Waals surface area contributed by atoms with Crippen LogP contribution in [0.15, 0.2) is 36.4 Å². The minimum atomic E-state index is -0.798. The van der Waals surface area contributed by atoms with E-state index in [0.717, 1.165) is 30.5 Å². The van der Waals surface area contributed by atoms with Crippen molar-refractivity contribution in [2.45, 2.75) is 0 Å². The number of fused-ring (bicyclic) bond motifs is 1. The Labute approximate surface area is 179 Å². The lowest BCUT2D eigenvalue weighted by Gasteiger charge is -2.29. The summed E-state index contributed by atoms with van der Waals surface area (Å²) in [7, 11) is 0. The molecule has 3 aromatic rings. The molecule has 0 bridgehead atoms. The maximum absolute atomic E-state index is 14.2. The first-order valence-corrected chi connectivity index (χ1v) is 10.4. The van der Waals surface area contributed by atoms with Gasteiger partial charge in [0.15, 0.2) is 10.9 Å². The molecule has 0 aliphatic carbocycles. The van der Waals surface area contributed by atoms with E-state index in [2.05, 4.69) is 9.88 Å². The van der Waals surface area contributed by atoms with Crippen LogP contribution in [0.4, 0.5) is 19.6 Å². The first kappa shape index (κ1) is 21.2. The van der Waals surface area contributed by atoms with Crippen LogP contribution in [0, 0.1) is 21.7 Å². The van der Waals surface area contributed by atoms with Gasteiger partial charge in [-0.2, -0.15) is 0 Å². The van der Waals surface area contributed by atoms with Gasteiger partial charge in [-0.25, -0.2) is 13.8 Å². The van der Waals surface area contributed by atoms with E-state index < -0.39 is 22.5 Å². The smallest absolute Gasteiger partial charge is 0.269 e. The average molecular weight is 448 g/mol. The summed E-state index contributed by atoms with van der Waals surface area (Å²) in [5, 5.41) is 11.1. The Morgan fingerprint density at radius 3 is 2.61 bits per heavy atom. The molecular weight excluding hydrogens is 430 g/mol. The highest BCUT2D eigenvalue weighted by molar-refractivity contribution is 7.22. The number of hydrogen-bond donors (Lipinski definition) is 0. The molecule has 2 aromatic carbocycles. The van der Waals surface area contributed by atoms with Gasteiger partial charge < -0.3 is 4.74 Å². The van der Waals surface area contributed by atoms with Crippen molar-refractivity contribution in [2.75, 3.05) is 44.3 Å². The summed E-state index contributed by atoms with van der Waals surface area (Å²) >= 11 is 1.01. The van der Waals surface area contributed by atoms with Gasteiger partial charge in [0.05, 0.1) is 22.8 Å². The molecule has 162 valence electrons. The Hall–Kier alpha value is -3.02. The van der Waals surface area contributed by atoms with E-state index in [1.54, 1.807) is 0 Å². The largest absolute Gasteiger partial charge is 0.379 e. The summed E-state index contributed by atoms with van der Waals surface area (Å²) in [6.07, 6.45) is 0.